The third-order valence-corrected chi connectivity index (χ3v) is 5.49. The number of carbonyl (C=O) groups is 1. The predicted octanol–water partition coefficient (Wildman–Crippen LogP) is 3.83. The number of nitrogens with zero attached hydrogens (tertiary/aromatic N) is 1. The molecule has 1 aromatic heterocycles. The molecule has 0 bridgehead atoms. The quantitative estimate of drug-likeness (QED) is 0.422. The number of ether oxygens (including phenoxy) is 2. The molecule has 1 aliphatic rings. The molecular weight excluding hydrogens is 424 g/mol. The van der Waals surface area contributed by atoms with E-state index in [4.69, 9.17) is 18.2 Å². The predicted molar refractivity (Wildman–Crippen MR) is 114 cm³/mol. The number of fused-ring (bicyclic) bond motifs is 1. The van der Waals surface area contributed by atoms with Gasteiger partial charge < -0.3 is 24.1 Å². The zero-order valence-electron chi connectivity index (χ0n) is 16.5. The van der Waals surface area contributed by atoms with Crippen molar-refractivity contribution in [2.75, 3.05) is 19.0 Å². The van der Waals surface area contributed by atoms with Gasteiger partial charge in [0.15, 0.2) is 11.5 Å². The average Bonchev–Trinajstić information content (AvgIpc) is 3.54. The summed E-state index contributed by atoms with van der Waals surface area (Å²) in [5, 5.41) is 13.0. The zero-order valence-corrected chi connectivity index (χ0v) is 17.3. The van der Waals surface area contributed by atoms with E-state index in [1.807, 2.05) is 12.1 Å². The second-order valence-corrected chi connectivity index (χ2v) is 7.80. The summed E-state index contributed by atoms with van der Waals surface area (Å²) in [5.74, 6) is 0.617. The van der Waals surface area contributed by atoms with Crippen molar-refractivity contribution < 1.29 is 32.3 Å². The van der Waals surface area contributed by atoms with Gasteiger partial charge in [0.25, 0.3) is 0 Å². The van der Waals surface area contributed by atoms with Gasteiger partial charge in [-0.2, -0.15) is 4.21 Å². The number of hydrogen-bond donors (Lipinski definition) is 3. The van der Waals surface area contributed by atoms with E-state index in [0.29, 0.717) is 41.8 Å². The van der Waals surface area contributed by atoms with Gasteiger partial charge in [0.1, 0.15) is 11.5 Å². The largest absolute Gasteiger partial charge is 0.493 e. The molecule has 9 nitrogen and oxygen atoms in total. The van der Waals surface area contributed by atoms with Crippen LogP contribution in [0.1, 0.15) is 12.8 Å². The highest BCUT2D eigenvalue weighted by molar-refractivity contribution is 7.74. The Labute approximate surface area is 180 Å². The van der Waals surface area contributed by atoms with Crippen LogP contribution in [0.5, 0.6) is 23.0 Å². The van der Waals surface area contributed by atoms with Crippen molar-refractivity contribution in [3.63, 3.8) is 0 Å². The minimum atomic E-state index is -2.51. The number of aliphatic carboxylic acids is 1. The van der Waals surface area contributed by atoms with E-state index in [9.17, 15) is 14.1 Å². The van der Waals surface area contributed by atoms with Crippen LogP contribution in [-0.2, 0) is 16.2 Å². The molecule has 0 saturated heterocycles. The SMILES string of the molecule is COc1cc2nccc(Oc3ccc(NCC4(C(=O)O)CC4)cc3)c2cc1OS(=O)O. The van der Waals surface area contributed by atoms with Gasteiger partial charge in [-0.05, 0) is 49.2 Å². The molecule has 0 spiro atoms. The monoisotopic (exact) mass is 444 g/mol. The van der Waals surface area contributed by atoms with Gasteiger partial charge in [-0.25, -0.2) is 0 Å². The summed E-state index contributed by atoms with van der Waals surface area (Å²) < 4.78 is 36.2. The van der Waals surface area contributed by atoms with Crippen LogP contribution in [0.2, 0.25) is 0 Å². The fourth-order valence-electron chi connectivity index (χ4n) is 3.18. The van der Waals surface area contributed by atoms with Gasteiger partial charge >= 0.3 is 17.3 Å². The minimum Gasteiger partial charge on any atom is -0.493 e. The van der Waals surface area contributed by atoms with Crippen molar-refractivity contribution >= 4 is 33.9 Å². The molecule has 3 N–H and O–H groups in total. The number of anilines is 1. The van der Waals surface area contributed by atoms with E-state index in [2.05, 4.69) is 10.3 Å². The number of aromatic nitrogens is 1. The molecule has 1 atom stereocenters. The summed E-state index contributed by atoms with van der Waals surface area (Å²) in [5.41, 5.74) is 0.710. The van der Waals surface area contributed by atoms with E-state index < -0.39 is 22.7 Å². The van der Waals surface area contributed by atoms with Gasteiger partial charge in [0, 0.05) is 29.9 Å². The second-order valence-electron chi connectivity index (χ2n) is 7.20. The summed E-state index contributed by atoms with van der Waals surface area (Å²) in [4.78, 5) is 15.6. The Morgan fingerprint density at radius 3 is 2.52 bits per heavy atom. The highest BCUT2D eigenvalue weighted by atomic mass is 32.2. The molecule has 3 aromatic rings. The Kier molecular flexibility index (Phi) is 5.66. The van der Waals surface area contributed by atoms with Gasteiger partial charge in [-0.1, -0.05) is 0 Å². The summed E-state index contributed by atoms with van der Waals surface area (Å²) in [6.45, 7) is 0.383. The summed E-state index contributed by atoms with van der Waals surface area (Å²) in [6, 6.07) is 11.9. The molecule has 1 saturated carbocycles. The smallest absolute Gasteiger partial charge is 0.357 e. The van der Waals surface area contributed by atoms with Crippen LogP contribution < -0.4 is 19.0 Å². The first kappa shape index (κ1) is 20.9. The maximum absolute atomic E-state index is 11.3. The number of pyridine rings is 1. The van der Waals surface area contributed by atoms with Crippen molar-refractivity contribution in [3.05, 3.63) is 48.7 Å². The first-order valence-corrected chi connectivity index (χ1v) is 10.4. The summed E-state index contributed by atoms with van der Waals surface area (Å²) >= 11 is -2.51. The van der Waals surface area contributed by atoms with Gasteiger partial charge in [-0.15, -0.1) is 0 Å². The van der Waals surface area contributed by atoms with E-state index in [1.165, 1.54) is 13.2 Å². The highest BCUT2D eigenvalue weighted by Gasteiger charge is 2.49. The number of carboxylic acids is 1. The van der Waals surface area contributed by atoms with Crippen LogP contribution in [0.25, 0.3) is 10.9 Å². The van der Waals surface area contributed by atoms with E-state index in [1.54, 1.807) is 30.5 Å². The molecule has 1 heterocycles. The first-order chi connectivity index (χ1) is 14.9. The van der Waals surface area contributed by atoms with Crippen LogP contribution in [-0.4, -0.2) is 38.5 Å². The molecule has 4 rings (SSSR count). The fourth-order valence-corrected chi connectivity index (χ4v) is 3.46. The summed E-state index contributed by atoms with van der Waals surface area (Å²) in [6.07, 6.45) is 2.96. The molecule has 0 amide bonds. The number of benzene rings is 2. The lowest BCUT2D eigenvalue weighted by atomic mass is 10.1. The molecule has 162 valence electrons. The number of methoxy groups -OCH3 is 1. The molecule has 10 heteroatoms. The maximum Gasteiger partial charge on any atom is 0.357 e. The first-order valence-electron chi connectivity index (χ1n) is 9.41. The Morgan fingerprint density at radius 2 is 1.90 bits per heavy atom. The molecule has 1 fully saturated rings. The molecule has 0 aliphatic heterocycles. The van der Waals surface area contributed by atoms with Crippen LogP contribution in [0.4, 0.5) is 5.69 Å². The lowest BCUT2D eigenvalue weighted by molar-refractivity contribution is -0.142. The maximum atomic E-state index is 11.3. The van der Waals surface area contributed by atoms with E-state index >= 15 is 0 Å². The van der Waals surface area contributed by atoms with E-state index in [0.717, 1.165) is 5.69 Å². The third kappa shape index (κ3) is 4.54. The van der Waals surface area contributed by atoms with Crippen LogP contribution in [0, 0.1) is 5.41 Å². The normalized spacial score (nSPS) is 15.2. The molecule has 1 aliphatic carbocycles. The number of carboxylic acid groups (broad SMARTS) is 1. The lowest BCUT2D eigenvalue weighted by Crippen LogP contribution is -2.24. The Bertz CT molecular complexity index is 1150. The van der Waals surface area contributed by atoms with Crippen molar-refractivity contribution in [1.82, 2.24) is 4.98 Å². The lowest BCUT2D eigenvalue weighted by Gasteiger charge is -2.14. The van der Waals surface area contributed by atoms with Crippen LogP contribution >= 0.6 is 0 Å². The molecular formula is C21H20N2O7S. The van der Waals surface area contributed by atoms with Crippen molar-refractivity contribution in [2.24, 2.45) is 5.41 Å². The number of nitrogens with one attached hydrogen (secondary N) is 1. The number of hydrogen-bond acceptors (Lipinski definition) is 7. The van der Waals surface area contributed by atoms with Gasteiger partial charge in [0.2, 0.25) is 0 Å². The van der Waals surface area contributed by atoms with Crippen molar-refractivity contribution in [1.29, 1.82) is 0 Å². The fraction of sp³-hybridized carbons (Fsp3) is 0.238. The van der Waals surface area contributed by atoms with Crippen molar-refractivity contribution in [2.45, 2.75) is 12.8 Å². The average molecular weight is 444 g/mol. The second kappa shape index (κ2) is 8.40. The van der Waals surface area contributed by atoms with Gasteiger partial charge in [0.05, 0.1) is 18.0 Å². The van der Waals surface area contributed by atoms with Gasteiger partial charge in [-0.3, -0.25) is 14.3 Å². The molecule has 2 aromatic carbocycles. The Morgan fingerprint density at radius 1 is 1.16 bits per heavy atom. The Balaban J connectivity index is 1.54. The summed E-state index contributed by atoms with van der Waals surface area (Å²) in [7, 11) is 1.42. The minimum absolute atomic E-state index is 0.0840. The van der Waals surface area contributed by atoms with Crippen LogP contribution in [0.3, 0.4) is 0 Å². The molecule has 1 unspecified atom stereocenters. The topological polar surface area (TPSA) is 127 Å². The highest BCUT2D eigenvalue weighted by Crippen LogP contribution is 2.46. The third-order valence-electron chi connectivity index (χ3n) is 5.17. The molecule has 31 heavy (non-hydrogen) atoms. The standard InChI is InChI=1S/C21H20N2O7S/c1-28-18-11-16-15(10-19(18)30-31(26)27)17(6-9-22-16)29-14-4-2-13(3-5-14)23-12-21(7-8-21)20(24)25/h2-6,9-11,23H,7-8,12H2,1H3,(H,24,25)(H,26,27). The van der Waals surface area contributed by atoms with Crippen LogP contribution in [0.15, 0.2) is 48.7 Å². The number of rotatable bonds is 9. The van der Waals surface area contributed by atoms with E-state index in [-0.39, 0.29) is 11.5 Å². The Hall–Kier alpha value is -3.37. The zero-order chi connectivity index (χ0) is 22.0. The molecule has 0 radical (unpaired) electrons. The van der Waals surface area contributed by atoms with Crippen molar-refractivity contribution in [3.8, 4) is 23.0 Å².